The van der Waals surface area contributed by atoms with Crippen LogP contribution in [0, 0.1) is 0 Å². The van der Waals surface area contributed by atoms with Gasteiger partial charge in [-0.3, -0.25) is 14.4 Å². The van der Waals surface area contributed by atoms with Gasteiger partial charge in [-0.15, -0.1) is 0 Å². The van der Waals surface area contributed by atoms with E-state index in [1.165, 1.54) is 4.90 Å². The van der Waals surface area contributed by atoms with E-state index >= 15 is 0 Å². The molecule has 0 saturated carbocycles. The van der Waals surface area contributed by atoms with Crippen LogP contribution in [0.4, 0.5) is 0 Å². The first-order chi connectivity index (χ1) is 11.5. The number of carboxylic acids is 1. The Bertz CT molecular complexity index is 590. The lowest BCUT2D eigenvalue weighted by atomic mass is 10.1. The number of ether oxygens (including phenoxy) is 1. The third kappa shape index (κ3) is 4.79. The largest absolute Gasteiger partial charge is 0.481 e. The van der Waals surface area contributed by atoms with Gasteiger partial charge in [-0.25, -0.2) is 0 Å². The molecule has 0 radical (unpaired) electrons. The number of benzene rings is 1. The molecule has 1 aliphatic heterocycles. The third-order valence-electron chi connectivity index (χ3n) is 3.90. The predicted molar refractivity (Wildman–Crippen MR) is 86.1 cm³/mol. The fourth-order valence-electron chi connectivity index (χ4n) is 2.66. The maximum absolute atomic E-state index is 12.5. The molecule has 0 aliphatic carbocycles. The van der Waals surface area contributed by atoms with Gasteiger partial charge >= 0.3 is 5.97 Å². The van der Waals surface area contributed by atoms with E-state index < -0.39 is 18.1 Å². The Morgan fingerprint density at radius 2 is 2.04 bits per heavy atom. The summed E-state index contributed by atoms with van der Waals surface area (Å²) in [7, 11) is 0. The molecule has 0 aromatic heterocycles. The van der Waals surface area contributed by atoms with Gasteiger partial charge in [-0.2, -0.15) is 0 Å². The summed E-state index contributed by atoms with van der Waals surface area (Å²) < 4.78 is 5.39. The zero-order valence-corrected chi connectivity index (χ0v) is 13.6. The summed E-state index contributed by atoms with van der Waals surface area (Å²) in [6.45, 7) is 2.30. The molecule has 0 bridgehead atoms. The third-order valence-corrected chi connectivity index (χ3v) is 3.90. The van der Waals surface area contributed by atoms with Crippen LogP contribution in [0.3, 0.4) is 0 Å². The van der Waals surface area contributed by atoms with Gasteiger partial charge in [0.25, 0.3) is 0 Å². The van der Waals surface area contributed by atoms with Crippen molar-refractivity contribution in [3.05, 3.63) is 35.9 Å². The highest BCUT2D eigenvalue weighted by molar-refractivity contribution is 5.89. The summed E-state index contributed by atoms with van der Waals surface area (Å²) in [5.74, 6) is -1.46. The van der Waals surface area contributed by atoms with Gasteiger partial charge < -0.3 is 20.1 Å². The van der Waals surface area contributed by atoms with Crippen molar-refractivity contribution in [3.63, 3.8) is 0 Å². The van der Waals surface area contributed by atoms with Crippen LogP contribution in [0.25, 0.3) is 0 Å². The number of carbonyl (C=O) groups is 3. The van der Waals surface area contributed by atoms with Crippen LogP contribution in [0.2, 0.25) is 0 Å². The molecular weight excluding hydrogens is 312 g/mol. The monoisotopic (exact) mass is 334 g/mol. The zero-order valence-electron chi connectivity index (χ0n) is 13.6. The Kier molecular flexibility index (Phi) is 6.31. The molecule has 1 fully saturated rings. The normalized spacial score (nSPS) is 20.7. The second kappa shape index (κ2) is 8.44. The predicted octanol–water partition coefficient (Wildman–Crippen LogP) is 0.783. The van der Waals surface area contributed by atoms with Crippen molar-refractivity contribution in [1.29, 1.82) is 0 Å². The maximum atomic E-state index is 12.5. The molecule has 2 N–H and O–H groups in total. The summed E-state index contributed by atoms with van der Waals surface area (Å²) in [6.07, 6.45) is -0.0924. The number of morpholine rings is 1. The van der Waals surface area contributed by atoms with Gasteiger partial charge in [0.2, 0.25) is 11.8 Å². The van der Waals surface area contributed by atoms with E-state index in [0.717, 1.165) is 5.56 Å². The van der Waals surface area contributed by atoms with Crippen molar-refractivity contribution >= 4 is 17.8 Å². The number of nitrogens with one attached hydrogen (secondary N) is 1. The van der Waals surface area contributed by atoms with Gasteiger partial charge in [-0.1, -0.05) is 30.3 Å². The molecule has 130 valence electrons. The van der Waals surface area contributed by atoms with Crippen molar-refractivity contribution < 1.29 is 24.2 Å². The Morgan fingerprint density at radius 3 is 2.71 bits per heavy atom. The minimum atomic E-state index is -0.903. The second-order valence-corrected chi connectivity index (χ2v) is 5.76. The molecule has 1 heterocycles. The van der Waals surface area contributed by atoms with Crippen molar-refractivity contribution in [2.24, 2.45) is 0 Å². The molecule has 2 amide bonds. The van der Waals surface area contributed by atoms with E-state index in [1.54, 1.807) is 6.92 Å². The molecule has 2 rings (SSSR count). The lowest BCUT2D eigenvalue weighted by Crippen LogP contribution is -2.59. The van der Waals surface area contributed by atoms with E-state index in [0.29, 0.717) is 13.0 Å². The van der Waals surface area contributed by atoms with E-state index in [2.05, 4.69) is 5.32 Å². The fraction of sp³-hybridized carbons (Fsp3) is 0.471. The first-order valence-electron chi connectivity index (χ1n) is 7.93. The summed E-state index contributed by atoms with van der Waals surface area (Å²) in [4.78, 5) is 36.7. The molecule has 7 heteroatoms. The maximum Gasteiger partial charge on any atom is 0.303 e. The van der Waals surface area contributed by atoms with E-state index in [4.69, 9.17) is 9.84 Å². The fourth-order valence-corrected chi connectivity index (χ4v) is 2.66. The molecular formula is C17H22N2O5. The molecule has 7 nitrogen and oxygen atoms in total. The molecule has 0 spiro atoms. The Morgan fingerprint density at radius 1 is 1.33 bits per heavy atom. The zero-order chi connectivity index (χ0) is 17.5. The number of carboxylic acid groups (broad SMARTS) is 1. The molecule has 2 atom stereocenters. The molecule has 1 saturated heterocycles. The second-order valence-electron chi connectivity index (χ2n) is 5.76. The van der Waals surface area contributed by atoms with Gasteiger partial charge in [0.1, 0.15) is 12.6 Å². The lowest BCUT2D eigenvalue weighted by Gasteiger charge is -2.38. The van der Waals surface area contributed by atoms with Gasteiger partial charge in [0.15, 0.2) is 0 Å². The van der Waals surface area contributed by atoms with Crippen LogP contribution in [0.15, 0.2) is 30.3 Å². The van der Waals surface area contributed by atoms with Crippen molar-refractivity contribution in [2.75, 3.05) is 13.2 Å². The highest BCUT2D eigenvalue weighted by atomic mass is 16.5. The summed E-state index contributed by atoms with van der Waals surface area (Å²) in [6, 6.07) is 8.72. The smallest absolute Gasteiger partial charge is 0.303 e. The molecule has 1 aromatic rings. The lowest BCUT2D eigenvalue weighted by molar-refractivity contribution is -0.163. The SMILES string of the molecule is C[C@H]1OCC(=O)N(Cc2ccccc2)[C@@H]1C(=O)NCCCC(=O)O. The average molecular weight is 334 g/mol. The average Bonchev–Trinajstić information content (AvgIpc) is 2.56. The van der Waals surface area contributed by atoms with Gasteiger partial charge in [0.05, 0.1) is 6.10 Å². The molecule has 24 heavy (non-hydrogen) atoms. The highest BCUT2D eigenvalue weighted by Crippen LogP contribution is 2.18. The highest BCUT2D eigenvalue weighted by Gasteiger charge is 2.38. The van der Waals surface area contributed by atoms with Crippen LogP contribution in [-0.2, 0) is 25.7 Å². The number of aliphatic carboxylic acids is 1. The number of rotatable bonds is 7. The number of nitrogens with zero attached hydrogens (tertiary/aromatic N) is 1. The van der Waals surface area contributed by atoms with Crippen LogP contribution in [-0.4, -0.2) is 53.1 Å². The first kappa shape index (κ1) is 17.9. The van der Waals surface area contributed by atoms with Crippen molar-refractivity contribution in [1.82, 2.24) is 10.2 Å². The molecule has 0 unspecified atom stereocenters. The quantitative estimate of drug-likeness (QED) is 0.719. The minimum Gasteiger partial charge on any atom is -0.481 e. The number of amides is 2. The van der Waals surface area contributed by atoms with E-state index in [9.17, 15) is 14.4 Å². The topological polar surface area (TPSA) is 95.9 Å². The van der Waals surface area contributed by atoms with Crippen molar-refractivity contribution in [2.45, 2.75) is 38.5 Å². The number of hydrogen-bond donors (Lipinski definition) is 2. The summed E-state index contributed by atoms with van der Waals surface area (Å²) in [5.41, 5.74) is 0.934. The number of hydrogen-bond acceptors (Lipinski definition) is 4. The van der Waals surface area contributed by atoms with Crippen LogP contribution >= 0.6 is 0 Å². The minimum absolute atomic E-state index is 0.0103. The number of carbonyl (C=O) groups excluding carboxylic acids is 2. The molecule has 1 aliphatic rings. The Labute approximate surface area is 140 Å². The Hall–Kier alpha value is -2.41. The standard InChI is InChI=1S/C17H22N2O5/c1-12-16(17(23)18-9-5-8-15(21)22)19(14(20)11-24-12)10-13-6-3-2-4-7-13/h2-4,6-7,12,16H,5,8-11H2,1H3,(H,18,23)(H,21,22)/t12-,16+/m1/s1. The van der Waals surface area contributed by atoms with E-state index in [-0.39, 0.29) is 31.4 Å². The summed E-state index contributed by atoms with van der Waals surface area (Å²) >= 11 is 0. The first-order valence-corrected chi connectivity index (χ1v) is 7.93. The van der Waals surface area contributed by atoms with Crippen LogP contribution < -0.4 is 5.32 Å². The van der Waals surface area contributed by atoms with Crippen LogP contribution in [0.5, 0.6) is 0 Å². The van der Waals surface area contributed by atoms with Gasteiger partial charge in [-0.05, 0) is 18.9 Å². The molecule has 1 aromatic carbocycles. The van der Waals surface area contributed by atoms with E-state index in [1.807, 2.05) is 30.3 Å². The summed E-state index contributed by atoms with van der Waals surface area (Å²) in [5, 5.41) is 11.3. The van der Waals surface area contributed by atoms with Gasteiger partial charge in [0, 0.05) is 19.5 Å². The Balaban J connectivity index is 2.03. The van der Waals surface area contributed by atoms with Crippen LogP contribution in [0.1, 0.15) is 25.3 Å². The van der Waals surface area contributed by atoms with Crippen molar-refractivity contribution in [3.8, 4) is 0 Å².